The summed E-state index contributed by atoms with van der Waals surface area (Å²) in [6.45, 7) is 5.50. The van der Waals surface area contributed by atoms with Crippen molar-refractivity contribution in [2.75, 3.05) is 13.1 Å². The van der Waals surface area contributed by atoms with E-state index in [1.807, 2.05) is 48.4 Å². The molecule has 1 saturated heterocycles. The van der Waals surface area contributed by atoms with Gasteiger partial charge in [-0.2, -0.15) is 0 Å². The van der Waals surface area contributed by atoms with E-state index in [0.717, 1.165) is 54.8 Å². The average molecular weight is 397 g/mol. The number of carbonyl (C=O) groups is 2. The molecule has 2 heterocycles. The Morgan fingerprint density at radius 3 is 2.36 bits per heavy atom. The van der Waals surface area contributed by atoms with E-state index < -0.39 is 0 Å². The molecule has 0 bridgehead atoms. The van der Waals surface area contributed by atoms with Crippen LogP contribution >= 0.6 is 11.3 Å². The molecular formula is C23H28N2O2S. The molecule has 4 nitrogen and oxygen atoms in total. The van der Waals surface area contributed by atoms with Crippen LogP contribution in [-0.4, -0.2) is 29.8 Å². The molecule has 1 fully saturated rings. The van der Waals surface area contributed by atoms with Crippen molar-refractivity contribution in [1.29, 1.82) is 0 Å². The molecule has 1 aliphatic rings. The Morgan fingerprint density at radius 1 is 1.00 bits per heavy atom. The van der Waals surface area contributed by atoms with E-state index in [0.29, 0.717) is 11.3 Å². The average Bonchev–Trinajstić information content (AvgIpc) is 3.16. The van der Waals surface area contributed by atoms with Gasteiger partial charge in [0.2, 0.25) is 0 Å². The van der Waals surface area contributed by atoms with Gasteiger partial charge in [-0.15, -0.1) is 11.3 Å². The maximum Gasteiger partial charge on any atom is 0.270 e. The Labute approximate surface area is 171 Å². The third-order valence-corrected chi connectivity index (χ3v) is 6.04. The lowest BCUT2D eigenvalue weighted by Gasteiger charge is -2.26. The highest BCUT2D eigenvalue weighted by atomic mass is 32.1. The van der Waals surface area contributed by atoms with E-state index in [9.17, 15) is 9.59 Å². The third kappa shape index (κ3) is 5.32. The summed E-state index contributed by atoms with van der Waals surface area (Å²) in [4.78, 5) is 28.9. The number of hydrogen-bond acceptors (Lipinski definition) is 3. The minimum Gasteiger partial charge on any atom is -0.337 e. The molecule has 2 aromatic rings. The summed E-state index contributed by atoms with van der Waals surface area (Å²) in [6, 6.07) is 9.51. The fourth-order valence-corrected chi connectivity index (χ4v) is 4.02. The molecule has 0 radical (unpaired) electrons. The highest BCUT2D eigenvalue weighted by Gasteiger charge is 2.21. The van der Waals surface area contributed by atoms with Crippen molar-refractivity contribution in [2.24, 2.45) is 0 Å². The first-order valence-electron chi connectivity index (χ1n) is 9.97. The van der Waals surface area contributed by atoms with E-state index in [1.165, 1.54) is 6.42 Å². The van der Waals surface area contributed by atoms with Crippen LogP contribution in [0.1, 0.15) is 58.5 Å². The van der Waals surface area contributed by atoms with E-state index in [2.05, 4.69) is 5.32 Å². The normalized spacial score (nSPS) is 15.6. The van der Waals surface area contributed by atoms with Crippen LogP contribution in [0.15, 0.2) is 41.4 Å². The second kappa shape index (κ2) is 9.69. The van der Waals surface area contributed by atoms with Gasteiger partial charge in [0.05, 0.1) is 0 Å². The van der Waals surface area contributed by atoms with E-state index in [-0.39, 0.29) is 11.8 Å². The first-order valence-corrected chi connectivity index (χ1v) is 10.9. The van der Waals surface area contributed by atoms with Crippen LogP contribution in [0.2, 0.25) is 0 Å². The van der Waals surface area contributed by atoms with Crippen LogP contribution in [0.5, 0.6) is 0 Å². The number of benzene rings is 1. The Kier molecular flexibility index (Phi) is 7.04. The Morgan fingerprint density at radius 2 is 1.71 bits per heavy atom. The van der Waals surface area contributed by atoms with Gasteiger partial charge in [-0.25, -0.2) is 0 Å². The Balaban J connectivity index is 1.83. The van der Waals surface area contributed by atoms with Crippen molar-refractivity contribution >= 4 is 29.2 Å². The quantitative estimate of drug-likeness (QED) is 0.745. The lowest BCUT2D eigenvalue weighted by atomic mass is 10.1. The number of rotatable bonds is 4. The molecule has 5 heteroatoms. The smallest absolute Gasteiger partial charge is 0.270 e. The van der Waals surface area contributed by atoms with Gasteiger partial charge in [0, 0.05) is 23.5 Å². The van der Waals surface area contributed by atoms with Crippen LogP contribution < -0.4 is 5.32 Å². The first-order chi connectivity index (χ1) is 13.5. The summed E-state index contributed by atoms with van der Waals surface area (Å²) in [5, 5.41) is 4.86. The second-order valence-corrected chi connectivity index (χ2v) is 8.37. The lowest BCUT2D eigenvalue weighted by molar-refractivity contribution is -0.127. The predicted octanol–water partition coefficient (Wildman–Crippen LogP) is 4.93. The molecule has 0 spiro atoms. The molecule has 148 valence electrons. The molecule has 0 aliphatic carbocycles. The first kappa shape index (κ1) is 20.3. The van der Waals surface area contributed by atoms with Crippen molar-refractivity contribution < 1.29 is 9.59 Å². The predicted molar refractivity (Wildman–Crippen MR) is 115 cm³/mol. The highest BCUT2D eigenvalue weighted by molar-refractivity contribution is 7.10. The molecule has 2 amide bonds. The van der Waals surface area contributed by atoms with Gasteiger partial charge >= 0.3 is 0 Å². The topological polar surface area (TPSA) is 49.4 Å². The van der Waals surface area contributed by atoms with Crippen molar-refractivity contribution in [2.45, 2.75) is 46.0 Å². The third-order valence-electron chi connectivity index (χ3n) is 5.22. The highest BCUT2D eigenvalue weighted by Crippen LogP contribution is 2.17. The van der Waals surface area contributed by atoms with Gasteiger partial charge < -0.3 is 10.2 Å². The molecule has 3 rings (SSSR count). The van der Waals surface area contributed by atoms with Gasteiger partial charge in [0.15, 0.2) is 0 Å². The number of aryl methyl sites for hydroxylation is 2. The van der Waals surface area contributed by atoms with Gasteiger partial charge in [-0.1, -0.05) is 31.4 Å². The van der Waals surface area contributed by atoms with Gasteiger partial charge in [-0.05, 0) is 67.5 Å². The lowest BCUT2D eigenvalue weighted by Crippen LogP contribution is -2.40. The maximum absolute atomic E-state index is 13.2. The van der Waals surface area contributed by atoms with Crippen molar-refractivity contribution in [3.63, 3.8) is 0 Å². The molecule has 1 N–H and O–H groups in total. The van der Waals surface area contributed by atoms with Crippen molar-refractivity contribution in [3.05, 3.63) is 63.0 Å². The zero-order chi connectivity index (χ0) is 19.9. The Hall–Kier alpha value is -2.40. The number of nitrogens with one attached hydrogen (secondary N) is 1. The monoisotopic (exact) mass is 396 g/mol. The summed E-state index contributed by atoms with van der Waals surface area (Å²) in [7, 11) is 0. The molecule has 1 aromatic carbocycles. The van der Waals surface area contributed by atoms with Crippen molar-refractivity contribution in [1.82, 2.24) is 10.2 Å². The minimum atomic E-state index is -0.244. The number of carbonyl (C=O) groups excluding carboxylic acids is 2. The molecule has 0 unspecified atom stereocenters. The standard InChI is InChI=1S/C23H28N2O2S/c1-17-10-11-19(15-18(17)2)22(26)24-21(16-20-9-8-14-28-20)23(27)25-12-6-4-3-5-7-13-25/h8-11,14-16H,3-7,12-13H2,1-2H3,(H,24,26)/b21-16-. The number of hydrogen-bond donors (Lipinski definition) is 1. The van der Waals surface area contributed by atoms with E-state index in [4.69, 9.17) is 0 Å². The zero-order valence-electron chi connectivity index (χ0n) is 16.7. The maximum atomic E-state index is 13.2. The Bertz CT molecular complexity index is 847. The fraction of sp³-hybridized carbons (Fsp3) is 0.391. The van der Waals surface area contributed by atoms with Crippen LogP contribution in [0.3, 0.4) is 0 Å². The molecular weight excluding hydrogens is 368 g/mol. The van der Waals surface area contributed by atoms with Gasteiger partial charge in [0.1, 0.15) is 5.70 Å². The van der Waals surface area contributed by atoms with Gasteiger partial charge in [-0.3, -0.25) is 9.59 Å². The van der Waals surface area contributed by atoms with Gasteiger partial charge in [0.25, 0.3) is 11.8 Å². The minimum absolute atomic E-state index is 0.0903. The van der Waals surface area contributed by atoms with E-state index >= 15 is 0 Å². The number of nitrogens with zero attached hydrogens (tertiary/aromatic N) is 1. The summed E-state index contributed by atoms with van der Waals surface area (Å²) in [5.74, 6) is -0.334. The fourth-order valence-electron chi connectivity index (χ4n) is 3.36. The van der Waals surface area contributed by atoms with Crippen LogP contribution in [-0.2, 0) is 4.79 Å². The van der Waals surface area contributed by atoms with E-state index in [1.54, 1.807) is 23.5 Å². The van der Waals surface area contributed by atoms with Crippen LogP contribution in [0.4, 0.5) is 0 Å². The summed E-state index contributed by atoms with van der Waals surface area (Å²) in [6.07, 6.45) is 7.38. The second-order valence-electron chi connectivity index (χ2n) is 7.39. The SMILES string of the molecule is Cc1ccc(C(=O)N/C(=C\c2cccs2)C(=O)N2CCCCCCC2)cc1C. The van der Waals surface area contributed by atoms with Crippen LogP contribution in [0, 0.1) is 13.8 Å². The molecule has 0 atom stereocenters. The molecule has 1 aliphatic heterocycles. The zero-order valence-corrected chi connectivity index (χ0v) is 17.5. The van der Waals surface area contributed by atoms with Crippen molar-refractivity contribution in [3.8, 4) is 0 Å². The summed E-state index contributed by atoms with van der Waals surface area (Å²) < 4.78 is 0. The summed E-state index contributed by atoms with van der Waals surface area (Å²) >= 11 is 1.55. The van der Waals surface area contributed by atoms with Crippen LogP contribution in [0.25, 0.3) is 6.08 Å². The molecule has 0 saturated carbocycles. The summed E-state index contributed by atoms with van der Waals surface area (Å²) in [5.41, 5.74) is 3.13. The number of likely N-dealkylation sites (tertiary alicyclic amines) is 1. The number of amides is 2. The number of thiophene rings is 1. The molecule has 1 aromatic heterocycles. The molecule has 28 heavy (non-hydrogen) atoms. The largest absolute Gasteiger partial charge is 0.337 e.